The Morgan fingerprint density at radius 2 is 1.90 bits per heavy atom. The topological polar surface area (TPSA) is 102 Å². The van der Waals surface area contributed by atoms with Gasteiger partial charge >= 0.3 is 0 Å². The zero-order chi connectivity index (χ0) is 21.2. The summed E-state index contributed by atoms with van der Waals surface area (Å²) in [6.45, 7) is 0.686. The molecule has 8 heteroatoms. The molecule has 0 spiro atoms. The summed E-state index contributed by atoms with van der Waals surface area (Å²) in [7, 11) is 0. The van der Waals surface area contributed by atoms with Gasteiger partial charge in [0.15, 0.2) is 6.61 Å². The summed E-state index contributed by atoms with van der Waals surface area (Å²) >= 11 is 4.20. The zero-order valence-electron chi connectivity index (χ0n) is 16.5. The smallest absolute Gasteiger partial charge is 0.258 e. The van der Waals surface area contributed by atoms with Crippen molar-refractivity contribution in [2.24, 2.45) is 5.73 Å². The van der Waals surface area contributed by atoms with E-state index in [2.05, 4.69) is 33.2 Å². The van der Waals surface area contributed by atoms with E-state index >= 15 is 0 Å². The van der Waals surface area contributed by atoms with E-state index < -0.39 is 0 Å². The second-order valence-corrected chi connectivity index (χ2v) is 6.99. The minimum Gasteiger partial charge on any atom is -0.466 e. The van der Waals surface area contributed by atoms with Gasteiger partial charge in [-0.3, -0.25) is 9.78 Å². The van der Waals surface area contributed by atoms with Crippen LogP contribution in [0.25, 0.3) is 11.3 Å². The highest BCUT2D eigenvalue weighted by Gasteiger charge is 2.12. The van der Waals surface area contributed by atoms with Gasteiger partial charge in [0.25, 0.3) is 5.91 Å². The van der Waals surface area contributed by atoms with Gasteiger partial charge in [-0.25, -0.2) is 4.98 Å². The standard InChI is InChI=1S/C22H25N5O2S/c23-17(15-30)12-25-20-10-9-19(16-6-2-1-3-7-16)27-22(20)29-14-21(28)26-13-18-8-4-5-11-24-18/h1-11,17,25,30H,12-15,23H2,(H,26,28). The largest absolute Gasteiger partial charge is 0.466 e. The summed E-state index contributed by atoms with van der Waals surface area (Å²) < 4.78 is 5.75. The molecule has 0 aliphatic carbocycles. The first-order valence-corrected chi connectivity index (χ1v) is 10.2. The number of carbonyl (C=O) groups excluding carboxylic acids is 1. The van der Waals surface area contributed by atoms with Crippen LogP contribution in [0.15, 0.2) is 66.9 Å². The number of nitrogens with two attached hydrogens (primary N) is 1. The van der Waals surface area contributed by atoms with Crippen LogP contribution in [-0.4, -0.2) is 40.8 Å². The number of aromatic nitrogens is 2. The molecule has 1 aromatic carbocycles. The Balaban J connectivity index is 1.68. The number of thiol groups is 1. The minimum absolute atomic E-state index is 0.114. The molecule has 0 aliphatic heterocycles. The maximum atomic E-state index is 12.2. The Morgan fingerprint density at radius 3 is 2.63 bits per heavy atom. The van der Waals surface area contributed by atoms with E-state index in [-0.39, 0.29) is 18.6 Å². The number of anilines is 1. The molecule has 0 aliphatic rings. The van der Waals surface area contributed by atoms with Gasteiger partial charge in [-0.2, -0.15) is 12.6 Å². The number of benzene rings is 1. The summed E-state index contributed by atoms with van der Waals surface area (Å²) in [5.74, 6) is 0.635. The van der Waals surface area contributed by atoms with Gasteiger partial charge in [-0.1, -0.05) is 36.4 Å². The van der Waals surface area contributed by atoms with Gasteiger partial charge in [-0.05, 0) is 24.3 Å². The van der Waals surface area contributed by atoms with Crippen molar-refractivity contribution >= 4 is 24.2 Å². The van der Waals surface area contributed by atoms with Gasteiger partial charge in [-0.15, -0.1) is 0 Å². The molecule has 1 amide bonds. The quantitative estimate of drug-likeness (QED) is 0.374. The molecule has 2 aromatic heterocycles. The van der Waals surface area contributed by atoms with Crippen LogP contribution in [0.1, 0.15) is 5.69 Å². The van der Waals surface area contributed by atoms with Gasteiger partial charge in [0.05, 0.1) is 23.6 Å². The fourth-order valence-electron chi connectivity index (χ4n) is 2.64. The van der Waals surface area contributed by atoms with Crippen LogP contribution in [0.3, 0.4) is 0 Å². The van der Waals surface area contributed by atoms with Crippen LogP contribution in [-0.2, 0) is 11.3 Å². The predicted octanol–water partition coefficient (Wildman–Crippen LogP) is 2.51. The van der Waals surface area contributed by atoms with Gasteiger partial charge in [0, 0.05) is 30.1 Å². The average molecular weight is 424 g/mol. The van der Waals surface area contributed by atoms with Crippen LogP contribution < -0.4 is 21.1 Å². The van der Waals surface area contributed by atoms with Crippen LogP contribution in [0.2, 0.25) is 0 Å². The van der Waals surface area contributed by atoms with Crippen LogP contribution in [0.4, 0.5) is 5.69 Å². The molecule has 7 nitrogen and oxygen atoms in total. The second kappa shape index (κ2) is 11.2. The number of pyridine rings is 2. The number of hydrogen-bond donors (Lipinski definition) is 4. The fraction of sp³-hybridized carbons (Fsp3) is 0.227. The lowest BCUT2D eigenvalue weighted by atomic mass is 10.1. The molecule has 2 heterocycles. The Bertz CT molecular complexity index is 941. The lowest BCUT2D eigenvalue weighted by molar-refractivity contribution is -0.123. The number of rotatable bonds is 10. The maximum absolute atomic E-state index is 12.2. The van der Waals surface area contributed by atoms with Crippen molar-refractivity contribution in [3.05, 3.63) is 72.6 Å². The Kier molecular flexibility index (Phi) is 8.05. The lowest BCUT2D eigenvalue weighted by Crippen LogP contribution is -2.31. The van der Waals surface area contributed by atoms with E-state index in [1.807, 2.05) is 60.7 Å². The summed E-state index contributed by atoms with van der Waals surface area (Å²) in [6, 6.07) is 19.0. The highest BCUT2D eigenvalue weighted by molar-refractivity contribution is 7.80. The highest BCUT2D eigenvalue weighted by atomic mass is 32.1. The third kappa shape index (κ3) is 6.47. The molecule has 4 N–H and O–H groups in total. The van der Waals surface area contributed by atoms with E-state index in [9.17, 15) is 4.79 Å². The van der Waals surface area contributed by atoms with Crippen molar-refractivity contribution in [1.82, 2.24) is 15.3 Å². The van der Waals surface area contributed by atoms with Crippen molar-refractivity contribution in [3.8, 4) is 17.1 Å². The summed E-state index contributed by atoms with van der Waals surface area (Å²) in [6.07, 6.45) is 1.68. The zero-order valence-corrected chi connectivity index (χ0v) is 17.4. The predicted molar refractivity (Wildman–Crippen MR) is 122 cm³/mol. The molecule has 156 valence electrons. The Hall–Kier alpha value is -3.10. The molecule has 3 aromatic rings. The summed E-state index contributed by atoms with van der Waals surface area (Å²) in [5, 5.41) is 6.01. The van der Waals surface area contributed by atoms with E-state index in [4.69, 9.17) is 10.5 Å². The lowest BCUT2D eigenvalue weighted by Gasteiger charge is -2.16. The third-order valence-corrected chi connectivity index (χ3v) is 4.72. The van der Waals surface area contributed by atoms with Gasteiger partial charge in [0.1, 0.15) is 0 Å². The van der Waals surface area contributed by atoms with Gasteiger partial charge in [0.2, 0.25) is 5.88 Å². The van der Waals surface area contributed by atoms with Crippen molar-refractivity contribution in [2.45, 2.75) is 12.6 Å². The fourth-order valence-corrected chi connectivity index (χ4v) is 2.77. The first kappa shape index (κ1) is 21.6. The normalized spacial score (nSPS) is 11.5. The molecule has 0 bridgehead atoms. The SMILES string of the molecule is NC(CS)CNc1ccc(-c2ccccc2)nc1OCC(=O)NCc1ccccn1. The number of hydrogen-bond acceptors (Lipinski definition) is 7. The Morgan fingerprint density at radius 1 is 1.10 bits per heavy atom. The van der Waals surface area contributed by atoms with Gasteiger partial charge < -0.3 is 21.1 Å². The summed E-state index contributed by atoms with van der Waals surface area (Å²) in [4.78, 5) is 21.0. The molecule has 0 saturated heterocycles. The molecular weight excluding hydrogens is 398 g/mol. The molecule has 0 fully saturated rings. The van der Waals surface area contributed by atoms with Crippen molar-refractivity contribution in [1.29, 1.82) is 0 Å². The number of carbonyl (C=O) groups is 1. The average Bonchev–Trinajstić information content (AvgIpc) is 2.81. The van der Waals surface area contributed by atoms with Crippen LogP contribution in [0.5, 0.6) is 5.88 Å². The number of ether oxygens (including phenoxy) is 1. The summed E-state index contributed by atoms with van der Waals surface area (Å²) in [5.41, 5.74) is 9.10. The number of nitrogens with zero attached hydrogens (tertiary/aromatic N) is 2. The molecular formula is C22H25N5O2S. The monoisotopic (exact) mass is 423 g/mol. The van der Waals surface area contributed by atoms with Crippen LogP contribution >= 0.6 is 12.6 Å². The van der Waals surface area contributed by atoms with Crippen molar-refractivity contribution in [3.63, 3.8) is 0 Å². The third-order valence-electron chi connectivity index (χ3n) is 4.25. The molecule has 0 radical (unpaired) electrons. The van der Waals surface area contributed by atoms with E-state index in [1.54, 1.807) is 6.20 Å². The molecule has 30 heavy (non-hydrogen) atoms. The Labute approximate surface area is 181 Å². The molecule has 0 saturated carbocycles. The number of nitrogens with one attached hydrogen (secondary N) is 2. The second-order valence-electron chi connectivity index (χ2n) is 6.63. The van der Waals surface area contributed by atoms with E-state index in [0.717, 1.165) is 17.0 Å². The van der Waals surface area contributed by atoms with Crippen LogP contribution in [0, 0.1) is 0 Å². The van der Waals surface area contributed by atoms with Crippen molar-refractivity contribution < 1.29 is 9.53 Å². The van der Waals surface area contributed by atoms with E-state index in [0.29, 0.717) is 30.4 Å². The van der Waals surface area contributed by atoms with Crippen molar-refractivity contribution in [2.75, 3.05) is 24.2 Å². The first-order chi connectivity index (χ1) is 14.7. The highest BCUT2D eigenvalue weighted by Crippen LogP contribution is 2.27. The number of amides is 1. The maximum Gasteiger partial charge on any atom is 0.258 e. The minimum atomic E-state index is -0.259. The molecule has 3 rings (SSSR count). The molecule has 1 atom stereocenters. The van der Waals surface area contributed by atoms with E-state index in [1.165, 1.54) is 0 Å². The first-order valence-electron chi connectivity index (χ1n) is 9.62. The molecule has 1 unspecified atom stereocenters.